The Hall–Kier alpha value is -3.01. The smallest absolute Gasteiger partial charge is 0.410 e. The lowest BCUT2D eigenvalue weighted by atomic mass is 9.72. The summed E-state index contributed by atoms with van der Waals surface area (Å²) in [6.07, 6.45) is 1.99. The quantitative estimate of drug-likeness (QED) is 0.509. The van der Waals surface area contributed by atoms with Gasteiger partial charge in [0.1, 0.15) is 17.1 Å². The molecule has 0 spiro atoms. The zero-order valence-electron chi connectivity index (χ0n) is 22.8. The topological polar surface area (TPSA) is 88.2 Å². The number of halogens is 2. The van der Waals surface area contributed by atoms with Crippen LogP contribution in [0.3, 0.4) is 0 Å². The van der Waals surface area contributed by atoms with Crippen molar-refractivity contribution in [1.82, 2.24) is 15.1 Å². The Bertz CT molecular complexity index is 1240. The van der Waals surface area contributed by atoms with E-state index in [1.165, 1.54) is 29.2 Å². The molecule has 2 aliphatic heterocycles. The molecule has 2 aromatic carbocycles. The first-order valence-electron chi connectivity index (χ1n) is 13.7. The molecular weight excluding hydrogens is 537 g/mol. The van der Waals surface area contributed by atoms with E-state index in [2.05, 4.69) is 5.32 Å². The number of ketones is 1. The van der Waals surface area contributed by atoms with Crippen molar-refractivity contribution in [3.8, 4) is 5.75 Å². The second kappa shape index (κ2) is 11.5. The predicted molar refractivity (Wildman–Crippen MR) is 148 cm³/mol. The van der Waals surface area contributed by atoms with Crippen LogP contribution in [0.25, 0.3) is 0 Å². The molecule has 1 saturated carbocycles. The van der Waals surface area contributed by atoms with E-state index in [1.54, 1.807) is 26.3 Å². The summed E-state index contributed by atoms with van der Waals surface area (Å²) in [7, 11) is 3.20. The van der Waals surface area contributed by atoms with Gasteiger partial charge in [-0.25, -0.2) is 9.18 Å². The highest BCUT2D eigenvalue weighted by Gasteiger charge is 2.57. The zero-order valence-corrected chi connectivity index (χ0v) is 23.6. The predicted octanol–water partition coefficient (Wildman–Crippen LogP) is 4.27. The molecule has 2 amide bonds. The van der Waals surface area contributed by atoms with Gasteiger partial charge in [0.25, 0.3) is 0 Å². The fraction of sp³-hybridized carbons (Fsp3) is 0.500. The van der Waals surface area contributed by atoms with Gasteiger partial charge in [0, 0.05) is 57.2 Å². The van der Waals surface area contributed by atoms with Gasteiger partial charge in [-0.3, -0.25) is 14.5 Å². The maximum absolute atomic E-state index is 14.5. The number of carbonyl (C=O) groups is 3. The van der Waals surface area contributed by atoms with E-state index in [4.69, 9.17) is 21.1 Å². The molecule has 0 unspecified atom stereocenters. The number of carbonyl (C=O) groups excluding carboxylic acids is 3. The van der Waals surface area contributed by atoms with E-state index in [-0.39, 0.29) is 35.8 Å². The van der Waals surface area contributed by atoms with Gasteiger partial charge in [-0.1, -0.05) is 23.7 Å². The average molecular weight is 572 g/mol. The summed E-state index contributed by atoms with van der Waals surface area (Å²) < 4.78 is 24.3. The van der Waals surface area contributed by atoms with Crippen molar-refractivity contribution in [3.63, 3.8) is 0 Å². The van der Waals surface area contributed by atoms with Gasteiger partial charge in [-0.2, -0.15) is 0 Å². The number of likely N-dealkylation sites (tertiary alicyclic amines) is 1. The van der Waals surface area contributed by atoms with Crippen molar-refractivity contribution in [2.75, 3.05) is 46.9 Å². The third-order valence-corrected chi connectivity index (χ3v) is 9.04. The summed E-state index contributed by atoms with van der Waals surface area (Å²) >= 11 is 6.15. The number of nitrogens with one attached hydrogen (secondary N) is 1. The van der Waals surface area contributed by atoms with Crippen molar-refractivity contribution in [2.24, 2.45) is 11.3 Å². The van der Waals surface area contributed by atoms with E-state index in [1.807, 2.05) is 17.0 Å². The zero-order chi connectivity index (χ0) is 28.5. The van der Waals surface area contributed by atoms with Crippen LogP contribution in [0, 0.1) is 17.2 Å². The molecule has 3 aliphatic rings. The van der Waals surface area contributed by atoms with Gasteiger partial charge in [0.2, 0.25) is 5.91 Å². The molecule has 3 fully saturated rings. The number of hydrogen-bond donors (Lipinski definition) is 1. The fourth-order valence-electron chi connectivity index (χ4n) is 6.28. The third kappa shape index (κ3) is 5.34. The van der Waals surface area contributed by atoms with Crippen LogP contribution in [0.1, 0.15) is 37.2 Å². The van der Waals surface area contributed by atoms with Crippen LogP contribution in [-0.2, 0) is 14.3 Å². The highest BCUT2D eigenvalue weighted by Crippen LogP contribution is 2.48. The Balaban J connectivity index is 1.39. The summed E-state index contributed by atoms with van der Waals surface area (Å²) in [6.45, 7) is 2.13. The summed E-state index contributed by atoms with van der Waals surface area (Å²) in [5.41, 5.74) is -0.756. The van der Waals surface area contributed by atoms with E-state index in [0.29, 0.717) is 44.1 Å². The minimum atomic E-state index is -1.23. The lowest BCUT2D eigenvalue weighted by Crippen LogP contribution is -2.62. The lowest BCUT2D eigenvalue weighted by Gasteiger charge is -2.44. The van der Waals surface area contributed by atoms with Gasteiger partial charge in [-0.15, -0.1) is 0 Å². The summed E-state index contributed by atoms with van der Waals surface area (Å²) in [5.74, 6) is -0.886. The minimum absolute atomic E-state index is 0.0545. The summed E-state index contributed by atoms with van der Waals surface area (Å²) in [6, 6.07) is 12.5. The van der Waals surface area contributed by atoms with Crippen molar-refractivity contribution in [2.45, 2.75) is 37.1 Å². The molecule has 10 heteroatoms. The van der Waals surface area contributed by atoms with Gasteiger partial charge >= 0.3 is 6.09 Å². The molecule has 2 atom stereocenters. The summed E-state index contributed by atoms with van der Waals surface area (Å²) in [4.78, 5) is 44.4. The Morgan fingerprint density at radius 3 is 2.33 bits per heavy atom. The molecule has 1 N–H and O–H groups in total. The number of likely N-dealkylation sites (N-methyl/N-ethyl adjacent to an activating group) is 1. The third-order valence-electron chi connectivity index (χ3n) is 8.79. The molecule has 2 heterocycles. The van der Waals surface area contributed by atoms with E-state index in [0.717, 1.165) is 18.4 Å². The van der Waals surface area contributed by atoms with Gasteiger partial charge in [0.15, 0.2) is 5.78 Å². The van der Waals surface area contributed by atoms with Crippen molar-refractivity contribution in [3.05, 3.63) is 64.9 Å². The van der Waals surface area contributed by atoms with Crippen LogP contribution in [-0.4, -0.2) is 80.1 Å². The molecule has 8 nitrogen and oxygen atoms in total. The number of Topliss-reactive ketones (excluding diaryl/α,β-unsaturated/α-hetero) is 1. The van der Waals surface area contributed by atoms with Gasteiger partial charge in [0.05, 0.1) is 12.0 Å². The van der Waals surface area contributed by atoms with E-state index < -0.39 is 22.9 Å². The Morgan fingerprint density at radius 1 is 1.07 bits per heavy atom. The average Bonchev–Trinajstić information content (AvgIpc) is 3.62. The van der Waals surface area contributed by atoms with Crippen LogP contribution >= 0.6 is 11.6 Å². The molecule has 5 rings (SSSR count). The minimum Gasteiger partial charge on any atom is -0.410 e. The number of benzene rings is 2. The van der Waals surface area contributed by atoms with Gasteiger partial charge in [-0.05, 0) is 67.6 Å². The maximum atomic E-state index is 14.5. The number of amides is 2. The van der Waals surface area contributed by atoms with Crippen LogP contribution in [0.15, 0.2) is 48.5 Å². The normalized spacial score (nSPS) is 24.0. The Labute approximate surface area is 238 Å². The number of nitrogens with zero attached hydrogens (tertiary/aromatic N) is 2. The van der Waals surface area contributed by atoms with Crippen molar-refractivity contribution < 1.29 is 28.2 Å². The molecular formula is C30H35ClFN3O5. The summed E-state index contributed by atoms with van der Waals surface area (Å²) in [5, 5.41) is 3.92. The van der Waals surface area contributed by atoms with Crippen molar-refractivity contribution >= 4 is 29.4 Å². The number of ether oxygens (including phenoxy) is 2. The van der Waals surface area contributed by atoms with Crippen LogP contribution in [0.5, 0.6) is 5.75 Å². The SMILES string of the molecule is COCC1(C(=O)N2CCC(C(=O)[C@@]3(N(C)C(=O)Oc4ccc(F)cc4)CNC[C@H]3c3ccc(Cl)cc3)CC2)CC1. The largest absolute Gasteiger partial charge is 0.415 e. The number of methoxy groups -OCH3 is 1. The molecule has 1 aliphatic carbocycles. The van der Waals surface area contributed by atoms with Crippen LogP contribution < -0.4 is 10.1 Å². The first kappa shape index (κ1) is 28.5. The molecule has 214 valence electrons. The van der Waals surface area contributed by atoms with Crippen molar-refractivity contribution in [1.29, 1.82) is 0 Å². The highest BCUT2D eigenvalue weighted by atomic mass is 35.5. The number of piperidine rings is 1. The van der Waals surface area contributed by atoms with E-state index in [9.17, 15) is 18.8 Å². The Morgan fingerprint density at radius 2 is 1.73 bits per heavy atom. The number of rotatable bonds is 8. The molecule has 40 heavy (non-hydrogen) atoms. The molecule has 2 saturated heterocycles. The standard InChI is InChI=1S/C30H35ClFN3O5/c1-34(28(38)40-24-9-7-23(32)8-10-24)30(18-33-17-25(30)20-3-5-22(31)6-4-20)26(36)21-11-15-35(16-12-21)27(37)29(13-14-29)19-39-2/h3-10,21,25,33H,11-19H2,1-2H3/t25-,30+/m0/s1. The van der Waals surface area contributed by atoms with Crippen LogP contribution in [0.2, 0.25) is 5.02 Å². The molecule has 2 aromatic rings. The Kier molecular flexibility index (Phi) is 8.17. The molecule has 0 bridgehead atoms. The first-order chi connectivity index (χ1) is 19.2. The second-order valence-corrected chi connectivity index (χ2v) is 11.6. The monoisotopic (exact) mass is 571 g/mol. The first-order valence-corrected chi connectivity index (χ1v) is 14.1. The lowest BCUT2D eigenvalue weighted by molar-refractivity contribution is -0.143. The van der Waals surface area contributed by atoms with E-state index >= 15 is 0 Å². The highest BCUT2D eigenvalue weighted by molar-refractivity contribution is 6.30. The second-order valence-electron chi connectivity index (χ2n) is 11.2. The van der Waals surface area contributed by atoms with Gasteiger partial charge < -0.3 is 19.7 Å². The molecule has 0 radical (unpaired) electrons. The maximum Gasteiger partial charge on any atom is 0.415 e. The number of hydrogen-bond acceptors (Lipinski definition) is 6. The fourth-order valence-corrected chi connectivity index (χ4v) is 6.41. The van der Waals surface area contributed by atoms with Crippen LogP contribution in [0.4, 0.5) is 9.18 Å². The molecule has 0 aromatic heterocycles.